The van der Waals surface area contributed by atoms with E-state index in [1.165, 1.54) is 6.42 Å². The van der Waals surface area contributed by atoms with Gasteiger partial charge in [0, 0.05) is 19.0 Å². The molecule has 2 aromatic rings. The minimum absolute atomic E-state index is 0.121. The molecule has 5 heteroatoms. The van der Waals surface area contributed by atoms with E-state index >= 15 is 0 Å². The average molecular weight is 405 g/mol. The van der Waals surface area contributed by atoms with Crippen LogP contribution in [-0.4, -0.2) is 34.8 Å². The number of alkyl halides is 1. The molecule has 0 aliphatic carbocycles. The second-order valence-corrected chi connectivity index (χ2v) is 8.76. The number of thiazole rings is 1. The lowest BCUT2D eigenvalue weighted by atomic mass is 9.86. The molecule has 1 aliphatic heterocycles. The zero-order valence-corrected chi connectivity index (χ0v) is 17.5. The maximum atomic E-state index is 13.5. The SMILES string of the molecule is C=C[C@H](CCCCCCl)[C@H](C(=O)N1CCCCC1)c1nc2ccccc2s1. The maximum absolute atomic E-state index is 13.5. The quantitative estimate of drug-likeness (QED) is 0.292. The number of hydrogen-bond donors (Lipinski definition) is 0. The average Bonchev–Trinajstić information content (AvgIpc) is 3.14. The van der Waals surface area contributed by atoms with Crippen LogP contribution < -0.4 is 0 Å². The van der Waals surface area contributed by atoms with Crippen LogP contribution in [-0.2, 0) is 4.79 Å². The molecule has 1 aliphatic rings. The number of aromatic nitrogens is 1. The number of unbranched alkanes of at least 4 members (excludes halogenated alkanes) is 2. The van der Waals surface area contributed by atoms with E-state index in [1.54, 1.807) is 11.3 Å². The van der Waals surface area contributed by atoms with Gasteiger partial charge in [0.15, 0.2) is 0 Å². The molecule has 0 N–H and O–H groups in total. The summed E-state index contributed by atoms with van der Waals surface area (Å²) in [5, 5.41) is 0.939. The van der Waals surface area contributed by atoms with Crippen molar-refractivity contribution in [2.75, 3.05) is 19.0 Å². The number of nitrogens with zero attached hydrogens (tertiary/aromatic N) is 2. The van der Waals surface area contributed by atoms with Gasteiger partial charge >= 0.3 is 0 Å². The maximum Gasteiger partial charge on any atom is 0.233 e. The van der Waals surface area contributed by atoms with Crippen molar-refractivity contribution in [3.8, 4) is 0 Å². The van der Waals surface area contributed by atoms with Crippen molar-refractivity contribution in [1.82, 2.24) is 9.88 Å². The topological polar surface area (TPSA) is 33.2 Å². The molecule has 0 bridgehead atoms. The Morgan fingerprint density at radius 3 is 2.70 bits per heavy atom. The van der Waals surface area contributed by atoms with Crippen molar-refractivity contribution in [3.63, 3.8) is 0 Å². The minimum atomic E-state index is -0.214. The van der Waals surface area contributed by atoms with Crippen LogP contribution >= 0.6 is 22.9 Å². The molecular formula is C22H29ClN2OS. The van der Waals surface area contributed by atoms with Crippen molar-refractivity contribution in [2.45, 2.75) is 50.9 Å². The molecule has 3 rings (SSSR count). The number of carbonyl (C=O) groups is 1. The lowest BCUT2D eigenvalue weighted by Gasteiger charge is -2.32. The van der Waals surface area contributed by atoms with E-state index in [4.69, 9.17) is 16.6 Å². The number of likely N-dealkylation sites (tertiary alicyclic amines) is 1. The predicted molar refractivity (Wildman–Crippen MR) is 116 cm³/mol. The van der Waals surface area contributed by atoms with Gasteiger partial charge in [-0.3, -0.25) is 4.79 Å². The molecular weight excluding hydrogens is 376 g/mol. The molecule has 0 radical (unpaired) electrons. The first-order valence-corrected chi connectivity index (χ1v) is 11.4. The molecule has 0 spiro atoms. The summed E-state index contributed by atoms with van der Waals surface area (Å²) in [4.78, 5) is 20.4. The molecule has 146 valence electrons. The Bertz CT molecular complexity index is 721. The van der Waals surface area contributed by atoms with Gasteiger partial charge in [0.2, 0.25) is 5.91 Å². The summed E-state index contributed by atoms with van der Waals surface area (Å²) >= 11 is 7.47. The second kappa shape index (κ2) is 10.2. The van der Waals surface area contributed by atoms with Crippen molar-refractivity contribution in [2.24, 2.45) is 5.92 Å². The first kappa shape index (κ1) is 20.3. The highest BCUT2D eigenvalue weighted by Gasteiger charge is 2.34. The van der Waals surface area contributed by atoms with Gasteiger partial charge in [0.1, 0.15) is 5.01 Å². The highest BCUT2D eigenvalue weighted by atomic mass is 35.5. The van der Waals surface area contributed by atoms with Crippen LogP contribution in [0.5, 0.6) is 0 Å². The number of fused-ring (bicyclic) bond motifs is 1. The molecule has 0 unspecified atom stereocenters. The third-order valence-corrected chi connectivity index (χ3v) is 6.80. The molecule has 3 nitrogen and oxygen atoms in total. The van der Waals surface area contributed by atoms with Gasteiger partial charge < -0.3 is 4.90 Å². The fourth-order valence-corrected chi connectivity index (χ4v) is 5.20. The Kier molecular flexibility index (Phi) is 7.71. The van der Waals surface area contributed by atoms with Crippen LogP contribution in [0.1, 0.15) is 55.9 Å². The smallest absolute Gasteiger partial charge is 0.233 e. The molecule has 1 amide bonds. The Hall–Kier alpha value is -1.39. The van der Waals surface area contributed by atoms with Crippen LogP contribution in [0.3, 0.4) is 0 Å². The lowest BCUT2D eigenvalue weighted by molar-refractivity contribution is -0.134. The number of carbonyl (C=O) groups excluding carboxylic acids is 1. The number of para-hydroxylation sites is 1. The van der Waals surface area contributed by atoms with Crippen molar-refractivity contribution < 1.29 is 4.79 Å². The van der Waals surface area contributed by atoms with Crippen molar-refractivity contribution >= 4 is 39.1 Å². The summed E-state index contributed by atoms with van der Waals surface area (Å²) in [6, 6.07) is 8.15. The highest BCUT2D eigenvalue weighted by Crippen LogP contribution is 2.36. The van der Waals surface area contributed by atoms with E-state index in [0.717, 1.165) is 66.8 Å². The normalized spacial score (nSPS) is 17.0. The van der Waals surface area contributed by atoms with E-state index in [0.29, 0.717) is 5.88 Å². The Morgan fingerprint density at radius 1 is 1.22 bits per heavy atom. The second-order valence-electron chi connectivity index (χ2n) is 7.32. The number of piperidine rings is 1. The molecule has 2 atom stereocenters. The van der Waals surface area contributed by atoms with Crippen molar-refractivity contribution in [3.05, 3.63) is 41.9 Å². The predicted octanol–water partition coefficient (Wildman–Crippen LogP) is 5.99. The number of rotatable bonds is 9. The van der Waals surface area contributed by atoms with Crippen LogP contribution in [0.15, 0.2) is 36.9 Å². The molecule has 1 aromatic carbocycles. The molecule has 1 saturated heterocycles. The molecule has 0 saturated carbocycles. The van der Waals surface area contributed by atoms with E-state index in [-0.39, 0.29) is 17.7 Å². The molecule has 27 heavy (non-hydrogen) atoms. The largest absolute Gasteiger partial charge is 0.342 e. The zero-order valence-electron chi connectivity index (χ0n) is 15.9. The van der Waals surface area contributed by atoms with Gasteiger partial charge in [-0.15, -0.1) is 29.5 Å². The third kappa shape index (κ3) is 5.11. The van der Waals surface area contributed by atoms with Gasteiger partial charge in [-0.2, -0.15) is 0 Å². The van der Waals surface area contributed by atoms with Crippen LogP contribution in [0.4, 0.5) is 0 Å². The van der Waals surface area contributed by atoms with E-state index in [9.17, 15) is 4.79 Å². The van der Waals surface area contributed by atoms with Gasteiger partial charge in [-0.25, -0.2) is 4.98 Å². The van der Waals surface area contributed by atoms with Crippen LogP contribution in [0, 0.1) is 5.92 Å². The van der Waals surface area contributed by atoms with Gasteiger partial charge in [-0.1, -0.05) is 31.1 Å². The molecule has 1 aromatic heterocycles. The summed E-state index contributed by atoms with van der Waals surface area (Å²) in [5.41, 5.74) is 0.985. The summed E-state index contributed by atoms with van der Waals surface area (Å²) in [6.45, 7) is 5.81. The number of halogens is 1. The minimum Gasteiger partial charge on any atom is -0.342 e. The monoisotopic (exact) mass is 404 g/mol. The Labute approximate surface area is 171 Å². The van der Waals surface area contributed by atoms with Gasteiger partial charge in [0.25, 0.3) is 0 Å². The molecule has 2 heterocycles. The summed E-state index contributed by atoms with van der Waals surface area (Å²) < 4.78 is 1.15. The Morgan fingerprint density at radius 2 is 2.00 bits per heavy atom. The fraction of sp³-hybridized carbons (Fsp3) is 0.545. The molecule has 1 fully saturated rings. The summed E-state index contributed by atoms with van der Waals surface area (Å²) in [5.74, 6) is 0.840. The summed E-state index contributed by atoms with van der Waals surface area (Å²) in [7, 11) is 0. The highest BCUT2D eigenvalue weighted by molar-refractivity contribution is 7.18. The fourth-order valence-electron chi connectivity index (χ4n) is 3.88. The number of amides is 1. The van der Waals surface area contributed by atoms with Gasteiger partial charge in [0.05, 0.1) is 16.1 Å². The standard InChI is InChI=1S/C22H29ClN2OS/c1-2-17(11-5-3-8-14-23)20(22(26)25-15-9-4-10-16-25)21-24-18-12-6-7-13-19(18)27-21/h2,6-7,12-13,17,20H,1,3-5,8-11,14-16H2/t17-,20+/m1/s1. The Balaban J connectivity index is 1.86. The van der Waals surface area contributed by atoms with Gasteiger partial charge in [-0.05, 0) is 50.2 Å². The first-order valence-electron chi connectivity index (χ1n) is 10.1. The summed E-state index contributed by atoms with van der Waals surface area (Å²) in [6.07, 6.45) is 9.55. The van der Waals surface area contributed by atoms with Crippen LogP contribution in [0.2, 0.25) is 0 Å². The number of allylic oxidation sites excluding steroid dienone is 1. The van der Waals surface area contributed by atoms with Crippen molar-refractivity contribution in [1.29, 1.82) is 0 Å². The van der Waals surface area contributed by atoms with E-state index < -0.39 is 0 Å². The van der Waals surface area contributed by atoms with E-state index in [2.05, 4.69) is 17.5 Å². The number of benzene rings is 1. The zero-order chi connectivity index (χ0) is 19.1. The third-order valence-electron chi connectivity index (χ3n) is 5.41. The number of hydrogen-bond acceptors (Lipinski definition) is 3. The van der Waals surface area contributed by atoms with Crippen LogP contribution in [0.25, 0.3) is 10.2 Å². The van der Waals surface area contributed by atoms with E-state index in [1.807, 2.05) is 24.3 Å². The first-order chi connectivity index (χ1) is 13.2. The lowest BCUT2D eigenvalue weighted by Crippen LogP contribution is -2.40.